The third-order valence-electron chi connectivity index (χ3n) is 4.18. The summed E-state index contributed by atoms with van der Waals surface area (Å²) < 4.78 is 0. The SMILES string of the molecule is CCCNC1CCCC1CN(C)CCc1cccs1. The van der Waals surface area contributed by atoms with Crippen molar-refractivity contribution in [2.24, 2.45) is 5.92 Å². The highest BCUT2D eigenvalue weighted by molar-refractivity contribution is 7.09. The first-order chi connectivity index (χ1) is 9.29. The van der Waals surface area contributed by atoms with Gasteiger partial charge in [0.05, 0.1) is 0 Å². The maximum atomic E-state index is 3.73. The fourth-order valence-electron chi connectivity index (χ4n) is 3.10. The van der Waals surface area contributed by atoms with E-state index >= 15 is 0 Å². The molecule has 1 heterocycles. The molecule has 0 radical (unpaired) electrons. The molecule has 3 heteroatoms. The molecule has 19 heavy (non-hydrogen) atoms. The summed E-state index contributed by atoms with van der Waals surface area (Å²) in [5.41, 5.74) is 0. The second-order valence-corrected chi connectivity index (χ2v) is 6.88. The lowest BCUT2D eigenvalue weighted by Gasteiger charge is -2.26. The van der Waals surface area contributed by atoms with Gasteiger partial charge in [0.25, 0.3) is 0 Å². The summed E-state index contributed by atoms with van der Waals surface area (Å²) >= 11 is 1.88. The van der Waals surface area contributed by atoms with Gasteiger partial charge in [-0.2, -0.15) is 0 Å². The van der Waals surface area contributed by atoms with Crippen molar-refractivity contribution in [1.82, 2.24) is 10.2 Å². The molecule has 2 unspecified atom stereocenters. The number of thiophene rings is 1. The van der Waals surface area contributed by atoms with Crippen LogP contribution in [0.25, 0.3) is 0 Å². The number of nitrogens with zero attached hydrogens (tertiary/aromatic N) is 1. The average molecular weight is 280 g/mol. The first kappa shape index (κ1) is 15.0. The molecule has 1 fully saturated rings. The van der Waals surface area contributed by atoms with Gasteiger partial charge in [-0.05, 0) is 56.6 Å². The summed E-state index contributed by atoms with van der Waals surface area (Å²) in [6.45, 7) is 5.88. The third-order valence-corrected chi connectivity index (χ3v) is 5.12. The highest BCUT2D eigenvalue weighted by Crippen LogP contribution is 2.26. The van der Waals surface area contributed by atoms with E-state index in [0.717, 1.165) is 12.0 Å². The van der Waals surface area contributed by atoms with Gasteiger partial charge in [-0.25, -0.2) is 0 Å². The minimum Gasteiger partial charge on any atom is -0.314 e. The van der Waals surface area contributed by atoms with Crippen molar-refractivity contribution in [2.75, 3.05) is 26.7 Å². The predicted octanol–water partition coefficient (Wildman–Crippen LogP) is 3.39. The molecule has 2 nitrogen and oxygen atoms in total. The van der Waals surface area contributed by atoms with Gasteiger partial charge < -0.3 is 10.2 Å². The van der Waals surface area contributed by atoms with Crippen LogP contribution in [0.2, 0.25) is 0 Å². The summed E-state index contributed by atoms with van der Waals surface area (Å²) in [6, 6.07) is 5.17. The van der Waals surface area contributed by atoms with Gasteiger partial charge in [-0.15, -0.1) is 11.3 Å². The molecule has 1 aromatic rings. The second-order valence-electron chi connectivity index (χ2n) is 5.84. The quantitative estimate of drug-likeness (QED) is 0.785. The van der Waals surface area contributed by atoms with Crippen molar-refractivity contribution in [3.05, 3.63) is 22.4 Å². The van der Waals surface area contributed by atoms with Crippen LogP contribution >= 0.6 is 11.3 Å². The van der Waals surface area contributed by atoms with Crippen molar-refractivity contribution >= 4 is 11.3 Å². The minimum absolute atomic E-state index is 0.768. The van der Waals surface area contributed by atoms with Crippen LogP contribution in [0.15, 0.2) is 17.5 Å². The van der Waals surface area contributed by atoms with Crippen molar-refractivity contribution in [3.63, 3.8) is 0 Å². The van der Waals surface area contributed by atoms with Gasteiger partial charge in [0.2, 0.25) is 0 Å². The molecular formula is C16H28N2S. The van der Waals surface area contributed by atoms with Gasteiger partial charge >= 0.3 is 0 Å². The van der Waals surface area contributed by atoms with E-state index in [1.807, 2.05) is 11.3 Å². The Hall–Kier alpha value is -0.380. The van der Waals surface area contributed by atoms with Crippen LogP contribution in [0.1, 0.15) is 37.5 Å². The van der Waals surface area contributed by atoms with Crippen molar-refractivity contribution < 1.29 is 0 Å². The maximum Gasteiger partial charge on any atom is 0.0107 e. The number of nitrogens with one attached hydrogen (secondary N) is 1. The molecule has 0 spiro atoms. The van der Waals surface area contributed by atoms with Crippen LogP contribution in [0.3, 0.4) is 0 Å². The zero-order chi connectivity index (χ0) is 13.5. The molecule has 1 aromatic heterocycles. The summed E-state index contributed by atoms with van der Waals surface area (Å²) in [6.07, 6.45) is 6.64. The highest BCUT2D eigenvalue weighted by atomic mass is 32.1. The molecule has 0 bridgehead atoms. The Balaban J connectivity index is 1.70. The molecule has 2 rings (SSSR count). The fourth-order valence-corrected chi connectivity index (χ4v) is 3.80. The summed E-state index contributed by atoms with van der Waals surface area (Å²) in [7, 11) is 2.28. The summed E-state index contributed by atoms with van der Waals surface area (Å²) in [4.78, 5) is 4.04. The van der Waals surface area contributed by atoms with Gasteiger partial charge in [0.15, 0.2) is 0 Å². The molecule has 1 saturated carbocycles. The topological polar surface area (TPSA) is 15.3 Å². The van der Waals surface area contributed by atoms with Crippen molar-refractivity contribution in [2.45, 2.75) is 45.1 Å². The monoisotopic (exact) mass is 280 g/mol. The molecule has 0 aromatic carbocycles. The Morgan fingerprint density at radius 2 is 2.32 bits per heavy atom. The van der Waals surface area contributed by atoms with E-state index < -0.39 is 0 Å². The Morgan fingerprint density at radius 1 is 1.42 bits per heavy atom. The number of rotatable bonds is 8. The van der Waals surface area contributed by atoms with E-state index in [4.69, 9.17) is 0 Å². The fraction of sp³-hybridized carbons (Fsp3) is 0.750. The Bertz CT molecular complexity index is 337. The summed E-state index contributed by atoms with van der Waals surface area (Å²) in [5.74, 6) is 0.861. The Labute approximate surface area is 122 Å². The lowest BCUT2D eigenvalue weighted by molar-refractivity contribution is 0.253. The lowest BCUT2D eigenvalue weighted by atomic mass is 10.0. The van der Waals surface area contributed by atoms with Crippen LogP contribution < -0.4 is 5.32 Å². The molecular weight excluding hydrogens is 252 g/mol. The first-order valence-electron chi connectivity index (χ1n) is 7.74. The van der Waals surface area contributed by atoms with E-state index in [0.29, 0.717) is 0 Å². The van der Waals surface area contributed by atoms with Crippen LogP contribution in [0.5, 0.6) is 0 Å². The third kappa shape index (κ3) is 4.90. The van der Waals surface area contributed by atoms with Crippen molar-refractivity contribution in [1.29, 1.82) is 0 Å². The molecule has 1 aliphatic carbocycles. The van der Waals surface area contributed by atoms with E-state index in [-0.39, 0.29) is 0 Å². The molecule has 1 N–H and O–H groups in total. The van der Waals surface area contributed by atoms with E-state index in [9.17, 15) is 0 Å². The molecule has 0 aliphatic heterocycles. The second kappa shape index (κ2) is 8.03. The van der Waals surface area contributed by atoms with Crippen molar-refractivity contribution in [3.8, 4) is 0 Å². The number of likely N-dealkylation sites (N-methyl/N-ethyl adjacent to an activating group) is 1. The molecule has 2 atom stereocenters. The Kier molecular flexibility index (Phi) is 6.35. The number of hydrogen-bond donors (Lipinski definition) is 1. The van der Waals surface area contributed by atoms with E-state index in [1.54, 1.807) is 0 Å². The average Bonchev–Trinajstić information content (AvgIpc) is 3.05. The van der Waals surface area contributed by atoms with E-state index in [2.05, 4.69) is 41.7 Å². The minimum atomic E-state index is 0.768. The number of hydrogen-bond acceptors (Lipinski definition) is 3. The molecule has 1 aliphatic rings. The van der Waals surface area contributed by atoms with Crippen LogP contribution in [-0.2, 0) is 6.42 Å². The zero-order valence-electron chi connectivity index (χ0n) is 12.4. The Morgan fingerprint density at radius 3 is 3.05 bits per heavy atom. The van der Waals surface area contributed by atoms with Gasteiger partial charge in [0, 0.05) is 24.0 Å². The standard InChI is InChI=1S/C16H28N2S/c1-3-10-17-16-8-4-6-14(16)13-18(2)11-9-15-7-5-12-19-15/h5,7,12,14,16-17H,3-4,6,8-11,13H2,1-2H3. The van der Waals surface area contributed by atoms with Crippen LogP contribution in [-0.4, -0.2) is 37.6 Å². The van der Waals surface area contributed by atoms with E-state index in [1.165, 1.54) is 56.6 Å². The molecule has 108 valence electrons. The largest absolute Gasteiger partial charge is 0.314 e. The first-order valence-corrected chi connectivity index (χ1v) is 8.62. The van der Waals surface area contributed by atoms with Gasteiger partial charge in [-0.1, -0.05) is 19.4 Å². The van der Waals surface area contributed by atoms with Gasteiger partial charge in [0.1, 0.15) is 0 Å². The lowest BCUT2D eigenvalue weighted by Crippen LogP contribution is -2.39. The van der Waals surface area contributed by atoms with Crippen LogP contribution in [0.4, 0.5) is 0 Å². The predicted molar refractivity (Wildman–Crippen MR) is 84.9 cm³/mol. The normalized spacial score (nSPS) is 23.3. The highest BCUT2D eigenvalue weighted by Gasteiger charge is 2.27. The molecule has 0 saturated heterocycles. The smallest absolute Gasteiger partial charge is 0.0107 e. The maximum absolute atomic E-state index is 3.73. The molecule has 0 amide bonds. The zero-order valence-corrected chi connectivity index (χ0v) is 13.2. The van der Waals surface area contributed by atoms with Gasteiger partial charge in [-0.3, -0.25) is 0 Å². The van der Waals surface area contributed by atoms with Crippen LogP contribution in [0, 0.1) is 5.92 Å². The summed E-state index contributed by atoms with van der Waals surface area (Å²) in [5, 5.41) is 5.91.